The van der Waals surface area contributed by atoms with E-state index in [1.807, 2.05) is 85.7 Å². The number of amides is 2. The van der Waals surface area contributed by atoms with Crippen LogP contribution in [0.3, 0.4) is 0 Å². The summed E-state index contributed by atoms with van der Waals surface area (Å²) < 4.78 is 11.8. The van der Waals surface area contributed by atoms with Crippen molar-refractivity contribution in [3.63, 3.8) is 0 Å². The minimum atomic E-state index is -0.559. The van der Waals surface area contributed by atoms with E-state index in [4.69, 9.17) is 14.5 Å². The number of aliphatic imine (C=N–C) groups is 1. The first-order valence-electron chi connectivity index (χ1n) is 13.7. The van der Waals surface area contributed by atoms with Gasteiger partial charge in [0.25, 0.3) is 0 Å². The predicted molar refractivity (Wildman–Crippen MR) is 158 cm³/mol. The summed E-state index contributed by atoms with van der Waals surface area (Å²) in [4.78, 5) is 48.9. The molecule has 0 spiro atoms. The zero-order chi connectivity index (χ0) is 29.1. The Morgan fingerprint density at radius 2 is 1.66 bits per heavy atom. The van der Waals surface area contributed by atoms with Crippen LogP contribution in [0.2, 0.25) is 0 Å². The molecule has 2 amide bonds. The molecule has 2 aromatic rings. The maximum absolute atomic E-state index is 13.5. The number of nitrogens with zero attached hydrogens (tertiary/aromatic N) is 4. The van der Waals surface area contributed by atoms with Crippen LogP contribution in [0.15, 0.2) is 82.0 Å². The van der Waals surface area contributed by atoms with Crippen molar-refractivity contribution in [3.05, 3.63) is 82.5 Å². The molecule has 10 heteroatoms. The molecule has 1 saturated heterocycles. The Kier molecular flexibility index (Phi) is 8.49. The molecule has 41 heavy (non-hydrogen) atoms. The number of esters is 1. The highest BCUT2D eigenvalue weighted by atomic mass is 32.2. The smallest absolute Gasteiger partial charge is 0.338 e. The van der Waals surface area contributed by atoms with Crippen LogP contribution >= 0.6 is 11.8 Å². The van der Waals surface area contributed by atoms with Crippen molar-refractivity contribution < 1.29 is 23.9 Å². The van der Waals surface area contributed by atoms with E-state index < -0.39 is 12.0 Å². The molecular weight excluding hydrogens is 540 g/mol. The van der Waals surface area contributed by atoms with Gasteiger partial charge in [0.2, 0.25) is 11.8 Å². The Morgan fingerprint density at radius 3 is 2.34 bits per heavy atom. The summed E-state index contributed by atoms with van der Waals surface area (Å²) in [6, 6.07) is 16.6. The first kappa shape index (κ1) is 28.5. The molecule has 0 N–H and O–H groups in total. The number of allylic oxidation sites excluding steroid dienone is 1. The third-order valence-electron chi connectivity index (χ3n) is 7.13. The summed E-state index contributed by atoms with van der Waals surface area (Å²) in [5.41, 5.74) is 2.58. The first-order chi connectivity index (χ1) is 19.7. The van der Waals surface area contributed by atoms with Gasteiger partial charge in [0.15, 0.2) is 5.17 Å². The van der Waals surface area contributed by atoms with Gasteiger partial charge in [0, 0.05) is 38.8 Å². The van der Waals surface area contributed by atoms with Crippen LogP contribution in [-0.2, 0) is 19.1 Å². The van der Waals surface area contributed by atoms with Crippen molar-refractivity contribution in [1.29, 1.82) is 0 Å². The highest BCUT2D eigenvalue weighted by Gasteiger charge is 2.42. The van der Waals surface area contributed by atoms with Gasteiger partial charge in [0.05, 0.1) is 29.8 Å². The average Bonchev–Trinajstić information content (AvgIpc) is 3.34. The van der Waals surface area contributed by atoms with Gasteiger partial charge in [0.1, 0.15) is 11.5 Å². The van der Waals surface area contributed by atoms with Gasteiger partial charge in [-0.2, -0.15) is 0 Å². The lowest BCUT2D eigenvalue weighted by Crippen LogP contribution is -2.50. The molecule has 3 heterocycles. The number of piperazine rings is 1. The molecule has 1 unspecified atom stereocenters. The molecule has 1 fully saturated rings. The summed E-state index contributed by atoms with van der Waals surface area (Å²) in [7, 11) is 0. The second-order valence-corrected chi connectivity index (χ2v) is 11.2. The molecule has 9 nitrogen and oxygen atoms in total. The molecule has 3 aliphatic rings. The van der Waals surface area contributed by atoms with Gasteiger partial charge >= 0.3 is 5.97 Å². The Morgan fingerprint density at radius 1 is 0.976 bits per heavy atom. The van der Waals surface area contributed by atoms with Crippen LogP contribution in [0.4, 0.5) is 0 Å². The number of ether oxygens (including phenoxy) is 2. The average molecular weight is 575 g/mol. The number of amidine groups is 1. The Hall–Kier alpha value is -4.05. The number of para-hydroxylation sites is 1. The molecule has 0 radical (unpaired) electrons. The Bertz CT molecular complexity index is 1430. The van der Waals surface area contributed by atoms with Crippen molar-refractivity contribution in [3.8, 4) is 11.5 Å². The molecule has 5 rings (SSSR count). The van der Waals surface area contributed by atoms with Crippen molar-refractivity contribution >= 4 is 34.7 Å². The minimum Gasteiger partial charge on any atom is -0.459 e. The normalized spacial score (nSPS) is 18.7. The number of benzene rings is 2. The summed E-state index contributed by atoms with van der Waals surface area (Å²) in [5, 5.41) is 2.64. The summed E-state index contributed by atoms with van der Waals surface area (Å²) in [5.74, 6) is 0.880. The van der Waals surface area contributed by atoms with Gasteiger partial charge in [-0.25, -0.2) is 9.79 Å². The lowest BCUT2D eigenvalue weighted by Gasteiger charge is -2.38. The number of hydrogen-bond acceptors (Lipinski definition) is 8. The van der Waals surface area contributed by atoms with Gasteiger partial charge < -0.3 is 24.2 Å². The molecule has 0 saturated carbocycles. The highest BCUT2D eigenvalue weighted by molar-refractivity contribution is 8.16. The molecule has 3 aliphatic heterocycles. The van der Waals surface area contributed by atoms with Crippen LogP contribution in [0.1, 0.15) is 45.7 Å². The van der Waals surface area contributed by atoms with Gasteiger partial charge in [-0.1, -0.05) is 42.1 Å². The van der Waals surface area contributed by atoms with E-state index in [-0.39, 0.29) is 24.3 Å². The summed E-state index contributed by atoms with van der Waals surface area (Å²) >= 11 is 1.44. The molecule has 214 valence electrons. The fourth-order valence-corrected chi connectivity index (χ4v) is 6.10. The Labute approximate surface area is 244 Å². The maximum Gasteiger partial charge on any atom is 0.338 e. The number of carbonyl (C=O) groups is 3. The summed E-state index contributed by atoms with van der Waals surface area (Å²) in [6.45, 7) is 9.03. The Balaban J connectivity index is 1.45. The number of carbonyl (C=O) groups excluding carboxylic acids is 3. The maximum atomic E-state index is 13.5. The zero-order valence-corrected chi connectivity index (χ0v) is 24.5. The van der Waals surface area contributed by atoms with Gasteiger partial charge in [-0.15, -0.1) is 0 Å². The fraction of sp³-hybridized carbons (Fsp3) is 0.355. The van der Waals surface area contributed by atoms with E-state index in [9.17, 15) is 14.4 Å². The van der Waals surface area contributed by atoms with Crippen LogP contribution < -0.4 is 4.74 Å². The molecule has 0 aromatic heterocycles. The monoisotopic (exact) mass is 574 g/mol. The van der Waals surface area contributed by atoms with E-state index in [2.05, 4.69) is 0 Å². The van der Waals surface area contributed by atoms with Gasteiger partial charge in [-0.05, 0) is 56.0 Å². The van der Waals surface area contributed by atoms with Crippen LogP contribution in [0.25, 0.3) is 0 Å². The van der Waals surface area contributed by atoms with E-state index in [1.165, 1.54) is 11.8 Å². The fourth-order valence-electron chi connectivity index (χ4n) is 5.13. The predicted octanol–water partition coefficient (Wildman–Crippen LogP) is 5.09. The highest BCUT2D eigenvalue weighted by Crippen LogP contribution is 2.45. The lowest BCUT2D eigenvalue weighted by atomic mass is 9.93. The van der Waals surface area contributed by atoms with Crippen LogP contribution in [0.5, 0.6) is 11.5 Å². The van der Waals surface area contributed by atoms with E-state index in [1.54, 1.807) is 16.7 Å². The van der Waals surface area contributed by atoms with Crippen molar-refractivity contribution in [2.24, 2.45) is 4.99 Å². The molecule has 0 bridgehead atoms. The standard InChI is InChI=1S/C31H34N4O5S/c1-20(2)39-30(38)28-21(3)32-31-35(24(19-41-31)18-27(37)34-15-13-33(14-16-34)22(4)36)29(28)23-9-8-12-26(17-23)40-25-10-6-5-7-11-25/h5-12,17,19-20,29H,13-16,18H2,1-4H3. The molecule has 2 aromatic carbocycles. The van der Waals surface area contributed by atoms with Crippen molar-refractivity contribution in [2.75, 3.05) is 26.2 Å². The molecule has 0 aliphatic carbocycles. The van der Waals surface area contributed by atoms with Crippen LogP contribution in [-0.4, -0.2) is 69.9 Å². The number of rotatable bonds is 7. The number of fused-ring (bicyclic) bond motifs is 1. The van der Waals surface area contributed by atoms with E-state index in [0.717, 1.165) is 11.3 Å². The van der Waals surface area contributed by atoms with E-state index >= 15 is 0 Å². The number of hydrogen-bond donors (Lipinski definition) is 0. The molecule has 1 atom stereocenters. The van der Waals surface area contributed by atoms with Crippen LogP contribution in [0, 0.1) is 0 Å². The molecular formula is C31H34N4O5S. The minimum absolute atomic E-state index is 0.0189. The quantitative estimate of drug-likeness (QED) is 0.426. The zero-order valence-electron chi connectivity index (χ0n) is 23.7. The summed E-state index contributed by atoms with van der Waals surface area (Å²) in [6.07, 6.45) is -0.159. The largest absolute Gasteiger partial charge is 0.459 e. The van der Waals surface area contributed by atoms with E-state index in [0.29, 0.717) is 54.1 Å². The van der Waals surface area contributed by atoms with Crippen molar-refractivity contribution in [1.82, 2.24) is 14.7 Å². The first-order valence-corrected chi connectivity index (χ1v) is 14.6. The third kappa shape index (κ3) is 6.32. The third-order valence-corrected chi connectivity index (χ3v) is 8.01. The second kappa shape index (κ2) is 12.2. The van der Waals surface area contributed by atoms with Gasteiger partial charge in [-0.3, -0.25) is 9.59 Å². The SMILES string of the molecule is CC(=O)N1CCN(C(=O)CC2=CSC3=NC(C)=C(C(=O)OC(C)C)C(c4cccc(Oc5ccccc5)c4)N23)CC1. The lowest BCUT2D eigenvalue weighted by molar-refractivity contribution is -0.143. The second-order valence-electron chi connectivity index (χ2n) is 10.4. The van der Waals surface area contributed by atoms with Crippen molar-refractivity contribution in [2.45, 2.75) is 46.3 Å². The number of thioether (sulfide) groups is 1. The topological polar surface area (TPSA) is 91.8 Å².